The fraction of sp³-hybridized carbons (Fsp3) is 1.00. The maximum absolute atomic E-state index is 10.1. The molecule has 4 atom stereocenters. The van der Waals surface area contributed by atoms with Crippen molar-refractivity contribution in [2.75, 3.05) is 13.2 Å². The Balaban J connectivity index is 2.87. The first-order valence-corrected chi connectivity index (χ1v) is 4.55. The molecule has 6 N–H and O–H groups in total. The van der Waals surface area contributed by atoms with Crippen LogP contribution in [-0.4, -0.2) is 62.7 Å². The van der Waals surface area contributed by atoms with Gasteiger partial charge in [0.15, 0.2) is 6.29 Å². The van der Waals surface area contributed by atoms with Crippen LogP contribution in [0.15, 0.2) is 0 Å². The smallest absolute Gasteiger partial charge is 0.156 e. The highest BCUT2D eigenvalue weighted by atomic mass is 16.5. The van der Waals surface area contributed by atoms with Gasteiger partial charge in [-0.1, -0.05) is 6.92 Å². The number of aliphatic hydroxyl groups is 5. The first-order valence-electron chi connectivity index (χ1n) is 4.55. The Morgan fingerprint density at radius 3 is 2.50 bits per heavy atom. The largest absolute Gasteiger partial charge is 0.395 e. The Kier molecular flexibility index (Phi) is 3.46. The van der Waals surface area contributed by atoms with Gasteiger partial charge in [0.1, 0.15) is 5.60 Å². The molecule has 1 rings (SSSR count). The van der Waals surface area contributed by atoms with E-state index in [2.05, 4.69) is 5.32 Å². The van der Waals surface area contributed by atoms with Crippen molar-refractivity contribution < 1.29 is 25.5 Å². The second kappa shape index (κ2) is 4.09. The fourth-order valence-corrected chi connectivity index (χ4v) is 1.88. The summed E-state index contributed by atoms with van der Waals surface area (Å²) in [6.07, 6.45) is -2.85. The van der Waals surface area contributed by atoms with Crippen LogP contribution in [0.1, 0.15) is 6.92 Å². The Bertz CT molecular complexity index is 200. The van der Waals surface area contributed by atoms with Crippen molar-refractivity contribution in [3.8, 4) is 0 Å². The third kappa shape index (κ3) is 1.65. The van der Waals surface area contributed by atoms with E-state index < -0.39 is 30.0 Å². The third-order valence-corrected chi connectivity index (χ3v) is 3.01. The number of hydrogen-bond acceptors (Lipinski definition) is 6. The Hall–Kier alpha value is -0.240. The zero-order valence-corrected chi connectivity index (χ0v) is 7.96. The van der Waals surface area contributed by atoms with Crippen LogP contribution in [0.5, 0.6) is 0 Å². The van der Waals surface area contributed by atoms with Gasteiger partial charge in [0, 0.05) is 12.5 Å². The monoisotopic (exact) mass is 207 g/mol. The maximum Gasteiger partial charge on any atom is 0.156 e. The van der Waals surface area contributed by atoms with Crippen LogP contribution in [0.3, 0.4) is 0 Å². The van der Waals surface area contributed by atoms with E-state index in [0.29, 0.717) is 0 Å². The molecule has 84 valence electrons. The van der Waals surface area contributed by atoms with Crippen LogP contribution in [0.2, 0.25) is 0 Å². The van der Waals surface area contributed by atoms with Crippen LogP contribution in [0.25, 0.3) is 0 Å². The highest BCUT2D eigenvalue weighted by Crippen LogP contribution is 2.31. The normalized spacial score (nSPS) is 40.5. The molecule has 6 heteroatoms. The molecule has 0 bridgehead atoms. The minimum Gasteiger partial charge on any atom is -0.395 e. The lowest BCUT2D eigenvalue weighted by molar-refractivity contribution is -0.184. The van der Waals surface area contributed by atoms with Gasteiger partial charge < -0.3 is 30.8 Å². The van der Waals surface area contributed by atoms with Gasteiger partial charge >= 0.3 is 0 Å². The lowest BCUT2D eigenvalue weighted by atomic mass is 9.80. The molecule has 1 aliphatic heterocycles. The van der Waals surface area contributed by atoms with E-state index in [9.17, 15) is 10.2 Å². The highest BCUT2D eigenvalue weighted by Gasteiger charge is 2.53. The topological polar surface area (TPSA) is 113 Å². The van der Waals surface area contributed by atoms with Crippen molar-refractivity contribution in [3.05, 3.63) is 0 Å². The van der Waals surface area contributed by atoms with Crippen molar-refractivity contribution in [2.24, 2.45) is 5.92 Å². The molecule has 1 aliphatic rings. The van der Waals surface area contributed by atoms with E-state index in [1.165, 1.54) is 6.92 Å². The Morgan fingerprint density at radius 1 is 1.50 bits per heavy atom. The molecular formula is C8H17NO5. The van der Waals surface area contributed by atoms with Gasteiger partial charge in [0.25, 0.3) is 0 Å². The summed E-state index contributed by atoms with van der Waals surface area (Å²) in [5, 5.41) is 49.2. The van der Waals surface area contributed by atoms with Gasteiger partial charge in [-0.25, -0.2) is 0 Å². The van der Waals surface area contributed by atoms with Crippen molar-refractivity contribution in [3.63, 3.8) is 0 Å². The molecule has 1 heterocycles. The van der Waals surface area contributed by atoms with Crippen LogP contribution in [0, 0.1) is 5.92 Å². The molecule has 0 aromatic rings. The van der Waals surface area contributed by atoms with E-state index in [-0.39, 0.29) is 13.2 Å². The average molecular weight is 207 g/mol. The van der Waals surface area contributed by atoms with Crippen molar-refractivity contribution in [1.29, 1.82) is 0 Å². The summed E-state index contributed by atoms with van der Waals surface area (Å²) in [6, 6.07) is -0.741. The maximum atomic E-state index is 10.1. The molecule has 1 unspecified atom stereocenters. The molecule has 1 fully saturated rings. The van der Waals surface area contributed by atoms with Gasteiger partial charge in [-0.2, -0.15) is 0 Å². The molecule has 6 nitrogen and oxygen atoms in total. The molecule has 0 aromatic carbocycles. The molecule has 0 spiro atoms. The van der Waals surface area contributed by atoms with Gasteiger partial charge in [-0.3, -0.25) is 0 Å². The van der Waals surface area contributed by atoms with E-state index in [0.717, 1.165) is 0 Å². The zero-order valence-electron chi connectivity index (χ0n) is 7.96. The number of rotatable bonds is 3. The summed E-state index contributed by atoms with van der Waals surface area (Å²) in [7, 11) is 0. The summed E-state index contributed by atoms with van der Waals surface area (Å²) >= 11 is 0. The van der Waals surface area contributed by atoms with Crippen LogP contribution in [0.4, 0.5) is 0 Å². The first-order chi connectivity index (χ1) is 6.44. The van der Waals surface area contributed by atoms with E-state index >= 15 is 0 Å². The summed E-state index contributed by atoms with van der Waals surface area (Å²) in [5.41, 5.74) is -1.71. The van der Waals surface area contributed by atoms with Crippen LogP contribution < -0.4 is 5.32 Å². The molecule has 0 aromatic heterocycles. The summed E-state index contributed by atoms with van der Waals surface area (Å²) < 4.78 is 0. The van der Waals surface area contributed by atoms with Gasteiger partial charge in [-0.05, 0) is 0 Å². The van der Waals surface area contributed by atoms with Crippen molar-refractivity contribution in [1.82, 2.24) is 5.32 Å². The standard InChI is InChI=1S/C8H17NO5/c1-4(7(12)13)8(14)5(3-10)9-2-6(8)11/h4-7,9-14H,2-3H2,1H3/t4?,5-,6-,8-/m1/s1. The lowest BCUT2D eigenvalue weighted by Gasteiger charge is -2.37. The Labute approximate surface area is 81.8 Å². The lowest BCUT2D eigenvalue weighted by Crippen LogP contribution is -2.58. The Morgan fingerprint density at radius 2 is 2.07 bits per heavy atom. The number of nitrogens with one attached hydrogen (secondary N) is 1. The SMILES string of the molecule is CC(C(O)O)[C@]1(O)[C@H](O)CN[C@@H]1CO. The molecule has 0 amide bonds. The molecule has 0 saturated carbocycles. The predicted molar refractivity (Wildman–Crippen MR) is 47.2 cm³/mol. The number of β-amino-alcohol motifs (C(OH)–C–C–N with tert-alkyl or cyclic N) is 1. The predicted octanol–water partition coefficient (Wildman–Crippen LogP) is -3.01. The van der Waals surface area contributed by atoms with Gasteiger partial charge in [0.05, 0.1) is 18.8 Å². The van der Waals surface area contributed by atoms with Gasteiger partial charge in [0.2, 0.25) is 0 Å². The van der Waals surface area contributed by atoms with E-state index in [1.807, 2.05) is 0 Å². The quantitative estimate of drug-likeness (QED) is 0.275. The molecule has 0 radical (unpaired) electrons. The summed E-state index contributed by atoms with van der Waals surface area (Å²) in [4.78, 5) is 0. The highest BCUT2D eigenvalue weighted by molar-refractivity contribution is 5.07. The summed E-state index contributed by atoms with van der Waals surface area (Å²) in [6.45, 7) is 1.16. The second-order valence-electron chi connectivity index (χ2n) is 3.75. The van der Waals surface area contributed by atoms with E-state index in [4.69, 9.17) is 15.3 Å². The van der Waals surface area contributed by atoms with E-state index in [1.54, 1.807) is 0 Å². The van der Waals surface area contributed by atoms with Gasteiger partial charge in [-0.15, -0.1) is 0 Å². The summed E-state index contributed by atoms with van der Waals surface area (Å²) in [5.74, 6) is -0.940. The third-order valence-electron chi connectivity index (χ3n) is 3.01. The minimum absolute atomic E-state index is 0.124. The minimum atomic E-state index is -1.73. The van der Waals surface area contributed by atoms with Crippen LogP contribution in [-0.2, 0) is 0 Å². The first kappa shape index (κ1) is 11.8. The molecule has 0 aliphatic carbocycles. The zero-order chi connectivity index (χ0) is 10.9. The molecule has 1 saturated heterocycles. The number of hydrogen-bond donors (Lipinski definition) is 6. The molecular weight excluding hydrogens is 190 g/mol. The van der Waals surface area contributed by atoms with Crippen LogP contribution >= 0.6 is 0 Å². The average Bonchev–Trinajstić information content (AvgIpc) is 2.43. The molecule has 14 heavy (non-hydrogen) atoms. The van der Waals surface area contributed by atoms with Crippen molar-refractivity contribution in [2.45, 2.75) is 31.0 Å². The second-order valence-corrected chi connectivity index (χ2v) is 3.75. The van der Waals surface area contributed by atoms with Crippen molar-refractivity contribution >= 4 is 0 Å². The fourth-order valence-electron chi connectivity index (χ4n) is 1.88. The number of aliphatic hydroxyl groups excluding tert-OH is 3.